The standard InChI is InChI=1S/C14H12Br2N2O3/c1-9-2-4-10(5-3-9)20-8-13(19)18-17-7-11-6-12(15)14(16)21-11/h2-7H,8H2,1H3,(H,18,19). The molecule has 1 heterocycles. The van der Waals surface area contributed by atoms with Crippen molar-refractivity contribution in [2.75, 3.05) is 6.61 Å². The molecule has 110 valence electrons. The Labute approximate surface area is 138 Å². The van der Waals surface area contributed by atoms with E-state index < -0.39 is 0 Å². The van der Waals surface area contributed by atoms with Crippen LogP contribution < -0.4 is 10.2 Å². The van der Waals surface area contributed by atoms with Gasteiger partial charge in [-0.2, -0.15) is 5.10 Å². The summed E-state index contributed by atoms with van der Waals surface area (Å²) in [5, 5.41) is 3.78. The van der Waals surface area contributed by atoms with E-state index in [2.05, 4.69) is 42.4 Å². The lowest BCUT2D eigenvalue weighted by Gasteiger charge is -2.04. The Bertz CT molecular complexity index is 631. The van der Waals surface area contributed by atoms with Crippen LogP contribution in [0.3, 0.4) is 0 Å². The molecule has 0 saturated carbocycles. The molecule has 1 N–H and O–H groups in total. The maximum absolute atomic E-state index is 11.5. The predicted octanol–water partition coefficient (Wildman–Crippen LogP) is 3.64. The molecule has 1 aromatic carbocycles. The van der Waals surface area contributed by atoms with E-state index in [1.807, 2.05) is 31.2 Å². The molecule has 5 nitrogen and oxygen atoms in total. The molecule has 0 fully saturated rings. The Morgan fingerprint density at radius 1 is 1.38 bits per heavy atom. The van der Waals surface area contributed by atoms with Crippen molar-refractivity contribution in [3.05, 3.63) is 50.8 Å². The Hall–Kier alpha value is -1.60. The van der Waals surface area contributed by atoms with Gasteiger partial charge >= 0.3 is 0 Å². The van der Waals surface area contributed by atoms with E-state index in [-0.39, 0.29) is 12.5 Å². The SMILES string of the molecule is Cc1ccc(OCC(=O)NN=Cc2cc(Br)c(Br)o2)cc1. The van der Waals surface area contributed by atoms with E-state index in [0.717, 1.165) is 10.0 Å². The summed E-state index contributed by atoms with van der Waals surface area (Å²) in [5.41, 5.74) is 3.49. The molecule has 1 amide bonds. The van der Waals surface area contributed by atoms with Crippen LogP contribution in [-0.2, 0) is 4.79 Å². The third-order valence-electron chi connectivity index (χ3n) is 2.44. The molecule has 0 radical (unpaired) electrons. The quantitative estimate of drug-likeness (QED) is 0.598. The molecule has 7 heteroatoms. The van der Waals surface area contributed by atoms with Crippen molar-refractivity contribution in [1.29, 1.82) is 0 Å². The number of carbonyl (C=O) groups excluding carboxylic acids is 1. The van der Waals surface area contributed by atoms with Crippen molar-refractivity contribution >= 4 is 44.0 Å². The Morgan fingerprint density at radius 2 is 2.10 bits per heavy atom. The molecule has 2 aromatic rings. The van der Waals surface area contributed by atoms with Crippen molar-refractivity contribution in [2.24, 2.45) is 5.10 Å². The molecule has 0 unspecified atom stereocenters. The molecular weight excluding hydrogens is 404 g/mol. The van der Waals surface area contributed by atoms with Gasteiger partial charge in [-0.15, -0.1) is 0 Å². The summed E-state index contributed by atoms with van der Waals surface area (Å²) in [6, 6.07) is 9.17. The minimum atomic E-state index is -0.350. The summed E-state index contributed by atoms with van der Waals surface area (Å²) in [6.45, 7) is 1.88. The van der Waals surface area contributed by atoms with E-state index in [4.69, 9.17) is 9.15 Å². The van der Waals surface area contributed by atoms with Crippen molar-refractivity contribution in [3.63, 3.8) is 0 Å². The van der Waals surface area contributed by atoms with Gasteiger partial charge in [0.25, 0.3) is 5.91 Å². The number of hydrogen-bond acceptors (Lipinski definition) is 4. The summed E-state index contributed by atoms with van der Waals surface area (Å²) in [7, 11) is 0. The predicted molar refractivity (Wildman–Crippen MR) is 86.5 cm³/mol. The summed E-state index contributed by atoms with van der Waals surface area (Å²) < 4.78 is 11.9. The molecule has 0 atom stereocenters. The number of benzene rings is 1. The zero-order valence-corrected chi connectivity index (χ0v) is 14.3. The van der Waals surface area contributed by atoms with Crippen molar-refractivity contribution in [3.8, 4) is 5.75 Å². The first-order valence-corrected chi connectivity index (χ1v) is 7.59. The Morgan fingerprint density at radius 3 is 2.71 bits per heavy atom. The van der Waals surface area contributed by atoms with Crippen LogP contribution in [0.4, 0.5) is 0 Å². The normalized spacial score (nSPS) is 10.8. The fraction of sp³-hybridized carbons (Fsp3) is 0.143. The van der Waals surface area contributed by atoms with Crippen molar-refractivity contribution < 1.29 is 13.9 Å². The lowest BCUT2D eigenvalue weighted by molar-refractivity contribution is -0.123. The number of hydrazone groups is 1. The average molecular weight is 416 g/mol. The van der Waals surface area contributed by atoms with Crippen LogP contribution in [0.5, 0.6) is 5.75 Å². The second-order valence-corrected chi connectivity index (χ2v) is 5.74. The number of halogens is 2. The lowest BCUT2D eigenvalue weighted by Crippen LogP contribution is -2.24. The second-order valence-electron chi connectivity index (χ2n) is 4.17. The van der Waals surface area contributed by atoms with Gasteiger partial charge in [0.2, 0.25) is 0 Å². The first-order valence-electron chi connectivity index (χ1n) is 6.01. The number of nitrogens with zero attached hydrogens (tertiary/aromatic N) is 1. The molecule has 0 aliphatic rings. The second kappa shape index (κ2) is 7.42. The van der Waals surface area contributed by atoms with Crippen LogP contribution in [0.2, 0.25) is 0 Å². The summed E-state index contributed by atoms with van der Waals surface area (Å²) >= 11 is 6.49. The highest BCUT2D eigenvalue weighted by molar-refractivity contribution is 9.13. The number of ether oxygens (including phenoxy) is 1. The Kier molecular flexibility index (Phi) is 5.58. The molecule has 0 aliphatic heterocycles. The number of rotatable bonds is 5. The monoisotopic (exact) mass is 414 g/mol. The molecule has 0 bridgehead atoms. The minimum Gasteiger partial charge on any atom is -0.484 e. The Balaban J connectivity index is 1.78. The minimum absolute atomic E-state index is 0.105. The lowest BCUT2D eigenvalue weighted by atomic mass is 10.2. The fourth-order valence-electron chi connectivity index (χ4n) is 1.41. The average Bonchev–Trinajstić information content (AvgIpc) is 2.77. The zero-order chi connectivity index (χ0) is 15.2. The van der Waals surface area contributed by atoms with E-state index in [1.165, 1.54) is 6.21 Å². The summed E-state index contributed by atoms with van der Waals surface area (Å²) in [4.78, 5) is 11.5. The number of aryl methyl sites for hydroxylation is 1. The van der Waals surface area contributed by atoms with Gasteiger partial charge in [0.1, 0.15) is 11.5 Å². The highest BCUT2D eigenvalue weighted by Gasteiger charge is 2.04. The molecule has 1 aromatic heterocycles. The molecular formula is C14H12Br2N2O3. The smallest absolute Gasteiger partial charge is 0.277 e. The topological polar surface area (TPSA) is 63.8 Å². The van der Waals surface area contributed by atoms with Crippen LogP contribution in [0.25, 0.3) is 0 Å². The van der Waals surface area contributed by atoms with Crippen LogP contribution in [-0.4, -0.2) is 18.7 Å². The van der Waals surface area contributed by atoms with Gasteiger partial charge in [-0.25, -0.2) is 5.43 Å². The number of carbonyl (C=O) groups is 1. The summed E-state index contributed by atoms with van der Waals surface area (Å²) in [6.07, 6.45) is 1.40. The molecule has 0 aliphatic carbocycles. The van der Waals surface area contributed by atoms with Crippen LogP contribution in [0, 0.1) is 6.92 Å². The van der Waals surface area contributed by atoms with Crippen LogP contribution in [0.1, 0.15) is 11.3 Å². The first kappa shape index (κ1) is 15.8. The third-order valence-corrected chi connectivity index (χ3v) is 4.15. The molecule has 2 rings (SSSR count). The molecule has 0 saturated heterocycles. The van der Waals surface area contributed by atoms with Gasteiger partial charge in [-0.1, -0.05) is 17.7 Å². The fourth-order valence-corrected chi connectivity index (χ4v) is 2.02. The maximum Gasteiger partial charge on any atom is 0.277 e. The van der Waals surface area contributed by atoms with Crippen LogP contribution >= 0.6 is 31.9 Å². The van der Waals surface area contributed by atoms with Gasteiger partial charge in [-0.3, -0.25) is 4.79 Å². The molecule has 0 spiro atoms. The van der Waals surface area contributed by atoms with Gasteiger partial charge in [0, 0.05) is 6.07 Å². The van der Waals surface area contributed by atoms with Crippen molar-refractivity contribution in [1.82, 2.24) is 5.43 Å². The third kappa shape index (κ3) is 5.02. The highest BCUT2D eigenvalue weighted by atomic mass is 79.9. The van der Waals surface area contributed by atoms with E-state index in [9.17, 15) is 4.79 Å². The number of nitrogens with one attached hydrogen (secondary N) is 1. The number of amides is 1. The number of hydrogen-bond donors (Lipinski definition) is 1. The van der Waals surface area contributed by atoms with Gasteiger partial charge < -0.3 is 9.15 Å². The number of furan rings is 1. The van der Waals surface area contributed by atoms with E-state index >= 15 is 0 Å². The molecule has 21 heavy (non-hydrogen) atoms. The summed E-state index contributed by atoms with van der Waals surface area (Å²) in [5.74, 6) is 0.795. The van der Waals surface area contributed by atoms with Crippen molar-refractivity contribution in [2.45, 2.75) is 6.92 Å². The van der Waals surface area contributed by atoms with Gasteiger partial charge in [0.15, 0.2) is 11.3 Å². The van der Waals surface area contributed by atoms with Crippen LogP contribution in [0.15, 0.2) is 49.0 Å². The van der Waals surface area contributed by atoms with E-state index in [0.29, 0.717) is 16.2 Å². The largest absolute Gasteiger partial charge is 0.484 e. The first-order chi connectivity index (χ1) is 10.0. The van der Waals surface area contributed by atoms with E-state index in [1.54, 1.807) is 6.07 Å². The highest BCUT2D eigenvalue weighted by Crippen LogP contribution is 2.25. The zero-order valence-electron chi connectivity index (χ0n) is 11.1. The van der Waals surface area contributed by atoms with Gasteiger partial charge in [0.05, 0.1) is 10.7 Å². The maximum atomic E-state index is 11.5. The van der Waals surface area contributed by atoms with Gasteiger partial charge in [-0.05, 0) is 50.9 Å².